The summed E-state index contributed by atoms with van der Waals surface area (Å²) < 4.78 is 36.3. The zero-order valence-electron chi connectivity index (χ0n) is 19.3. The molecule has 0 fully saturated rings. The Morgan fingerprint density at radius 1 is 0.611 bits per heavy atom. The predicted octanol–water partition coefficient (Wildman–Crippen LogP) is 2.01. The Morgan fingerprint density at radius 3 is 1.92 bits per heavy atom. The Hall–Kier alpha value is -3.91. The quantitative estimate of drug-likeness (QED) is 0.269. The number of rotatable bonds is 2. The van der Waals surface area contributed by atoms with Crippen LogP contribution in [0.25, 0.3) is 49.7 Å². The van der Waals surface area contributed by atoms with Crippen molar-refractivity contribution in [3.8, 4) is 22.4 Å². The lowest BCUT2D eigenvalue weighted by Gasteiger charge is -2.17. The van der Waals surface area contributed by atoms with Crippen molar-refractivity contribution in [2.75, 3.05) is 0 Å². The molecule has 0 saturated heterocycles. The molecule has 0 amide bonds. The lowest BCUT2D eigenvalue weighted by molar-refractivity contribution is -2.00. The molecule has 0 spiro atoms. The van der Waals surface area contributed by atoms with Gasteiger partial charge in [-0.25, -0.2) is 18.6 Å². The highest BCUT2D eigenvalue weighted by Crippen LogP contribution is 2.31. The fourth-order valence-electron chi connectivity index (χ4n) is 4.48. The lowest BCUT2D eigenvalue weighted by Crippen LogP contribution is -2.68. The van der Waals surface area contributed by atoms with E-state index in [1.807, 2.05) is 12.3 Å². The molecule has 0 atom stereocenters. The third kappa shape index (κ3) is 4.90. The van der Waals surface area contributed by atoms with E-state index in [2.05, 4.69) is 108 Å². The molecule has 0 saturated carbocycles. The van der Waals surface area contributed by atoms with E-state index in [9.17, 15) is 0 Å². The Morgan fingerprint density at radius 2 is 1.22 bits per heavy atom. The van der Waals surface area contributed by atoms with E-state index in [0.29, 0.717) is 0 Å². The molecule has 0 aliphatic heterocycles. The Balaban J connectivity index is 0.000000489. The van der Waals surface area contributed by atoms with Gasteiger partial charge in [-0.05, 0) is 47.3 Å². The molecule has 0 unspecified atom stereocenters. The molecule has 6 rings (SSSR count). The maximum absolute atomic E-state index is 8.49. The first-order valence-electron chi connectivity index (χ1n) is 11.2. The molecule has 7 heteroatoms. The smallest absolute Gasteiger partial charge is 0.222 e. The van der Waals surface area contributed by atoms with Crippen molar-refractivity contribution in [2.45, 2.75) is 6.92 Å². The lowest BCUT2D eigenvalue weighted by atomic mass is 9.98. The van der Waals surface area contributed by atoms with E-state index in [0.717, 1.165) is 16.7 Å². The zero-order chi connectivity index (χ0) is 25.3. The van der Waals surface area contributed by atoms with Crippen molar-refractivity contribution in [2.24, 2.45) is 0 Å². The van der Waals surface area contributed by atoms with Gasteiger partial charge in [0.15, 0.2) is 0 Å². The molecule has 0 N–H and O–H groups in total. The van der Waals surface area contributed by atoms with Gasteiger partial charge in [0, 0.05) is 16.3 Å². The van der Waals surface area contributed by atoms with Crippen LogP contribution in [-0.4, -0.2) is 4.98 Å². The molecule has 3 aromatic heterocycles. The van der Waals surface area contributed by atoms with E-state index in [1.165, 1.54) is 38.5 Å². The fourth-order valence-corrected chi connectivity index (χ4v) is 4.48. The average Bonchev–Trinajstić information content (AvgIpc) is 2.88. The summed E-state index contributed by atoms with van der Waals surface area (Å²) >= 11 is 0. The molecular weight excluding hydrogens is 476 g/mol. The summed E-state index contributed by atoms with van der Waals surface area (Å²) in [6.07, 6.45) is 1.88. The van der Waals surface area contributed by atoms with Crippen molar-refractivity contribution < 1.29 is 33.3 Å². The summed E-state index contributed by atoms with van der Waals surface area (Å²) in [5.41, 5.74) is 8.15. The topological polar surface area (TPSA) is 109 Å². The van der Waals surface area contributed by atoms with Crippen molar-refractivity contribution in [3.05, 3.63) is 115 Å². The van der Waals surface area contributed by atoms with Gasteiger partial charge in [-0.2, -0.15) is 4.40 Å². The number of nitrogens with zero attached hydrogens (tertiary/aromatic N) is 2. The normalized spacial score (nSPS) is 11.5. The minimum Gasteiger partial charge on any atom is -0.222 e. The summed E-state index contributed by atoms with van der Waals surface area (Å²) in [5.74, 6) is 0. The largest absolute Gasteiger partial charge is 0.336 e. The van der Waals surface area contributed by atoms with E-state index in [4.69, 9.17) is 23.6 Å². The monoisotopic (exact) mass is 496 g/mol. The number of hydrogen-bond donors (Lipinski definition) is 0. The van der Waals surface area contributed by atoms with Crippen molar-refractivity contribution in [3.63, 3.8) is 0 Å². The van der Waals surface area contributed by atoms with E-state index in [-0.39, 0.29) is 0 Å². The second-order valence-corrected chi connectivity index (χ2v) is 9.14. The molecule has 3 heterocycles. The highest BCUT2D eigenvalue weighted by Gasteiger charge is 2.20. The van der Waals surface area contributed by atoms with Gasteiger partial charge in [-0.15, -0.1) is 10.2 Å². The van der Waals surface area contributed by atoms with Gasteiger partial charge in [-0.1, -0.05) is 84.4 Å². The first-order valence-corrected chi connectivity index (χ1v) is 12.4. The van der Waals surface area contributed by atoms with Crippen LogP contribution in [0.1, 0.15) is 5.56 Å². The van der Waals surface area contributed by atoms with Crippen LogP contribution in [0.3, 0.4) is 0 Å². The van der Waals surface area contributed by atoms with Crippen molar-refractivity contribution >= 4 is 27.3 Å². The van der Waals surface area contributed by atoms with Gasteiger partial charge < -0.3 is 0 Å². The van der Waals surface area contributed by atoms with Gasteiger partial charge in [0.2, 0.25) is 0 Å². The summed E-state index contributed by atoms with van der Waals surface area (Å²) in [5, 5.41) is 3.62. The summed E-state index contributed by atoms with van der Waals surface area (Å²) in [6.45, 7) is 2.13. The Labute approximate surface area is 209 Å². The molecule has 178 valence electrons. The van der Waals surface area contributed by atoms with Crippen LogP contribution < -0.4 is 23.0 Å². The van der Waals surface area contributed by atoms with Crippen molar-refractivity contribution in [1.29, 1.82) is 0 Å². The number of benzene rings is 3. The maximum Gasteiger partial charge on any atom is 0.336 e. The predicted molar refractivity (Wildman–Crippen MR) is 128 cm³/mol. The number of aryl methyl sites for hydroxylation is 1. The van der Waals surface area contributed by atoms with Crippen LogP contribution in [0.2, 0.25) is 0 Å². The van der Waals surface area contributed by atoms with Crippen LogP contribution in [0.15, 0.2) is 109 Å². The van der Waals surface area contributed by atoms with E-state index >= 15 is 0 Å². The molecule has 36 heavy (non-hydrogen) atoms. The first kappa shape index (κ1) is 23.8. The number of aromatic nitrogens is 2. The fraction of sp³-hybridized carbons (Fsp3) is 0.0345. The van der Waals surface area contributed by atoms with Crippen LogP contribution >= 0.6 is 0 Å². The SMILES string of the molecule is Cc1ccc(-c2cc(-c3ccccc3)[n+]3c(c2)c2ccccc2c2cccnc23)cc1.[O-][Cl+3]([O-])([O-])[O-]. The first-order chi connectivity index (χ1) is 17.3. The highest BCUT2D eigenvalue weighted by atomic mass is 35.7. The number of halogens is 1. The van der Waals surface area contributed by atoms with Crippen LogP contribution in [-0.2, 0) is 0 Å². The third-order valence-electron chi connectivity index (χ3n) is 6.01. The second kappa shape index (κ2) is 9.62. The summed E-state index contributed by atoms with van der Waals surface area (Å²) in [7, 11) is -4.94. The molecular formula is C29H21ClN2O4. The van der Waals surface area contributed by atoms with Crippen molar-refractivity contribution in [1.82, 2.24) is 4.98 Å². The van der Waals surface area contributed by atoms with Gasteiger partial charge in [-0.3, -0.25) is 0 Å². The molecule has 0 radical (unpaired) electrons. The van der Waals surface area contributed by atoms with Crippen LogP contribution in [0, 0.1) is 17.2 Å². The van der Waals surface area contributed by atoms with Gasteiger partial charge in [0.1, 0.15) is 17.4 Å². The van der Waals surface area contributed by atoms with Crippen LogP contribution in [0.5, 0.6) is 0 Å². The molecule has 0 bridgehead atoms. The molecule has 3 aromatic carbocycles. The summed E-state index contributed by atoms with van der Waals surface area (Å²) in [4.78, 5) is 4.82. The standard InChI is InChI=1S/C29H21N2.ClHO4/c1-20-13-15-21(16-14-20)23-18-27(22-8-3-2-4-9-22)31-28(19-23)25-11-6-5-10-24(25)26-12-7-17-30-29(26)31;2-1(3,4)5/h2-19H,1H3;(H,2,3,4,5)/q+1;/p-1. The minimum absolute atomic E-state index is 0.977. The van der Waals surface area contributed by atoms with Gasteiger partial charge in [0.25, 0.3) is 0 Å². The van der Waals surface area contributed by atoms with E-state index < -0.39 is 10.2 Å². The molecule has 0 aliphatic rings. The number of pyridine rings is 3. The zero-order valence-corrected chi connectivity index (χ0v) is 20.1. The third-order valence-corrected chi connectivity index (χ3v) is 6.01. The van der Waals surface area contributed by atoms with Gasteiger partial charge >= 0.3 is 5.65 Å². The Bertz CT molecular complexity index is 1680. The van der Waals surface area contributed by atoms with Gasteiger partial charge in [0.05, 0.1) is 5.39 Å². The molecule has 6 aromatic rings. The second-order valence-electron chi connectivity index (χ2n) is 8.38. The Kier molecular flexibility index (Phi) is 6.36. The number of fused-ring (bicyclic) bond motifs is 6. The van der Waals surface area contributed by atoms with Crippen LogP contribution in [0.4, 0.5) is 0 Å². The average molecular weight is 497 g/mol. The molecule has 6 nitrogen and oxygen atoms in total. The number of hydrogen-bond acceptors (Lipinski definition) is 5. The summed E-state index contributed by atoms with van der Waals surface area (Å²) in [6, 6.07) is 36.8. The minimum atomic E-state index is -4.94. The molecule has 0 aliphatic carbocycles. The van der Waals surface area contributed by atoms with E-state index in [1.54, 1.807) is 0 Å². The highest BCUT2D eigenvalue weighted by molar-refractivity contribution is 6.09. The maximum atomic E-state index is 8.49.